The normalized spacial score (nSPS) is 14.8. The lowest BCUT2D eigenvalue weighted by Crippen LogP contribution is -2.51. The largest absolute Gasteiger partial charge is 0.484 e. The summed E-state index contributed by atoms with van der Waals surface area (Å²) in [5, 5.41) is 0.723. The van der Waals surface area contributed by atoms with Crippen molar-refractivity contribution in [3.63, 3.8) is 0 Å². The molecule has 1 aromatic carbocycles. The minimum absolute atomic E-state index is 0.00222. The Morgan fingerprint density at radius 3 is 2.00 bits per heavy atom. The molecule has 0 bridgehead atoms. The van der Waals surface area contributed by atoms with Crippen molar-refractivity contribution < 1.29 is 14.3 Å². The molecule has 2 rings (SSSR count). The maximum absolute atomic E-state index is 12.2. The van der Waals surface area contributed by atoms with Crippen LogP contribution in [0.15, 0.2) is 12.1 Å². The number of piperazine rings is 1. The number of ether oxygens (including phenoxy) is 1. The highest BCUT2D eigenvalue weighted by Gasteiger charge is 2.23. The molecule has 0 aromatic heterocycles. The van der Waals surface area contributed by atoms with Crippen molar-refractivity contribution in [2.75, 3.05) is 32.8 Å². The molecule has 1 fully saturated rings. The third-order valence-electron chi connectivity index (χ3n) is 4.06. The summed E-state index contributed by atoms with van der Waals surface area (Å²) in [5.41, 5.74) is 1.86. The molecule has 0 saturated carbocycles. The zero-order valence-electron chi connectivity index (χ0n) is 13.9. The standard InChI is InChI=1S/C17H23ClN2O3/c1-4-15(21)19-5-7-20(8-6-19)16(22)11-23-14-9-12(2)17(18)13(3)10-14/h9-10H,4-8,11H2,1-3H3. The van der Waals surface area contributed by atoms with E-state index in [2.05, 4.69) is 0 Å². The number of aryl methyl sites for hydroxylation is 2. The smallest absolute Gasteiger partial charge is 0.260 e. The third kappa shape index (κ3) is 4.38. The number of benzene rings is 1. The molecule has 126 valence electrons. The first-order valence-corrected chi connectivity index (χ1v) is 8.25. The van der Waals surface area contributed by atoms with E-state index in [1.54, 1.807) is 9.80 Å². The Morgan fingerprint density at radius 2 is 1.52 bits per heavy atom. The van der Waals surface area contributed by atoms with E-state index in [9.17, 15) is 9.59 Å². The molecule has 0 atom stereocenters. The average Bonchev–Trinajstić information content (AvgIpc) is 2.56. The molecule has 0 spiro atoms. The Bertz CT molecular complexity index is 572. The maximum atomic E-state index is 12.2. The molecule has 0 unspecified atom stereocenters. The molecule has 1 aromatic rings. The van der Waals surface area contributed by atoms with E-state index in [1.807, 2.05) is 32.9 Å². The zero-order valence-corrected chi connectivity index (χ0v) is 14.7. The van der Waals surface area contributed by atoms with E-state index < -0.39 is 0 Å². The Labute approximate surface area is 142 Å². The molecule has 1 heterocycles. The number of rotatable bonds is 4. The van der Waals surface area contributed by atoms with Crippen LogP contribution in [0.4, 0.5) is 0 Å². The fourth-order valence-corrected chi connectivity index (χ4v) is 2.76. The number of carbonyl (C=O) groups is 2. The first-order chi connectivity index (χ1) is 10.9. The highest BCUT2D eigenvalue weighted by Crippen LogP contribution is 2.25. The van der Waals surface area contributed by atoms with Crippen molar-refractivity contribution in [2.24, 2.45) is 0 Å². The Kier molecular flexibility index (Phi) is 5.88. The summed E-state index contributed by atoms with van der Waals surface area (Å²) >= 11 is 6.12. The van der Waals surface area contributed by atoms with Crippen LogP contribution in [0.2, 0.25) is 5.02 Å². The number of hydrogen-bond donors (Lipinski definition) is 0. The number of halogens is 1. The van der Waals surface area contributed by atoms with Gasteiger partial charge in [0.15, 0.2) is 6.61 Å². The molecular formula is C17H23ClN2O3. The van der Waals surface area contributed by atoms with Gasteiger partial charge in [-0.3, -0.25) is 9.59 Å². The van der Waals surface area contributed by atoms with E-state index in [0.29, 0.717) is 38.3 Å². The first kappa shape index (κ1) is 17.6. The lowest BCUT2D eigenvalue weighted by atomic mass is 10.1. The lowest BCUT2D eigenvalue weighted by Gasteiger charge is -2.34. The van der Waals surface area contributed by atoms with E-state index in [1.165, 1.54) is 0 Å². The van der Waals surface area contributed by atoms with E-state index in [4.69, 9.17) is 16.3 Å². The fourth-order valence-electron chi connectivity index (χ4n) is 2.65. The molecule has 6 heteroatoms. The summed E-state index contributed by atoms with van der Waals surface area (Å²) in [4.78, 5) is 27.4. The second kappa shape index (κ2) is 7.68. The molecule has 1 aliphatic rings. The first-order valence-electron chi connectivity index (χ1n) is 7.87. The summed E-state index contributed by atoms with van der Waals surface area (Å²) in [5.74, 6) is 0.733. The molecule has 2 amide bonds. The predicted molar refractivity (Wildman–Crippen MR) is 89.9 cm³/mol. The van der Waals surface area contributed by atoms with Crippen molar-refractivity contribution in [1.82, 2.24) is 9.80 Å². The summed E-state index contributed by atoms with van der Waals surface area (Å²) in [7, 11) is 0. The second-order valence-corrected chi connectivity index (χ2v) is 6.15. The van der Waals surface area contributed by atoms with Gasteiger partial charge < -0.3 is 14.5 Å². The summed E-state index contributed by atoms with van der Waals surface area (Å²) in [6.07, 6.45) is 0.506. The molecule has 23 heavy (non-hydrogen) atoms. The SMILES string of the molecule is CCC(=O)N1CCN(C(=O)COc2cc(C)c(Cl)c(C)c2)CC1. The van der Waals surface area contributed by atoms with Gasteiger partial charge >= 0.3 is 0 Å². The predicted octanol–water partition coefficient (Wildman–Crippen LogP) is 2.42. The van der Waals surface area contributed by atoms with Crippen LogP contribution in [0.25, 0.3) is 0 Å². The van der Waals surface area contributed by atoms with Gasteiger partial charge in [-0.1, -0.05) is 18.5 Å². The number of nitrogens with zero attached hydrogens (tertiary/aromatic N) is 2. The van der Waals surface area contributed by atoms with Crippen molar-refractivity contribution in [3.8, 4) is 5.75 Å². The Balaban J connectivity index is 1.85. The average molecular weight is 339 g/mol. The monoisotopic (exact) mass is 338 g/mol. The van der Waals surface area contributed by atoms with Gasteiger partial charge in [-0.05, 0) is 37.1 Å². The van der Waals surface area contributed by atoms with Crippen LogP contribution in [0.3, 0.4) is 0 Å². The highest BCUT2D eigenvalue weighted by molar-refractivity contribution is 6.32. The van der Waals surface area contributed by atoms with Crippen LogP contribution >= 0.6 is 11.6 Å². The maximum Gasteiger partial charge on any atom is 0.260 e. The topological polar surface area (TPSA) is 49.9 Å². The minimum Gasteiger partial charge on any atom is -0.484 e. The van der Waals surface area contributed by atoms with Crippen molar-refractivity contribution in [1.29, 1.82) is 0 Å². The van der Waals surface area contributed by atoms with Gasteiger partial charge in [-0.25, -0.2) is 0 Å². The summed E-state index contributed by atoms with van der Waals surface area (Å²) in [6, 6.07) is 3.67. The third-order valence-corrected chi connectivity index (χ3v) is 4.66. The van der Waals surface area contributed by atoms with Crippen molar-refractivity contribution >= 4 is 23.4 Å². The van der Waals surface area contributed by atoms with Gasteiger partial charge in [0, 0.05) is 37.6 Å². The molecule has 5 nitrogen and oxygen atoms in total. The minimum atomic E-state index is -0.0566. The van der Waals surface area contributed by atoms with Gasteiger partial charge in [0.1, 0.15) is 5.75 Å². The van der Waals surface area contributed by atoms with E-state index >= 15 is 0 Å². The molecule has 1 aliphatic heterocycles. The number of carbonyl (C=O) groups excluding carboxylic acids is 2. The summed E-state index contributed by atoms with van der Waals surface area (Å²) in [6.45, 7) is 7.99. The van der Waals surface area contributed by atoms with E-state index in [-0.39, 0.29) is 18.4 Å². The van der Waals surface area contributed by atoms with Crippen LogP contribution in [0, 0.1) is 13.8 Å². The van der Waals surface area contributed by atoms with Gasteiger partial charge in [0.25, 0.3) is 5.91 Å². The molecule has 0 radical (unpaired) electrons. The van der Waals surface area contributed by atoms with Crippen LogP contribution in [-0.4, -0.2) is 54.4 Å². The van der Waals surface area contributed by atoms with Gasteiger partial charge in [-0.2, -0.15) is 0 Å². The van der Waals surface area contributed by atoms with Crippen LogP contribution in [0.1, 0.15) is 24.5 Å². The molecule has 0 aliphatic carbocycles. The molecular weight excluding hydrogens is 316 g/mol. The number of amides is 2. The van der Waals surface area contributed by atoms with Crippen LogP contribution < -0.4 is 4.74 Å². The van der Waals surface area contributed by atoms with E-state index in [0.717, 1.165) is 16.1 Å². The van der Waals surface area contributed by atoms with Gasteiger partial charge in [-0.15, -0.1) is 0 Å². The Hall–Kier alpha value is -1.75. The summed E-state index contributed by atoms with van der Waals surface area (Å²) < 4.78 is 5.60. The molecule has 0 N–H and O–H groups in total. The quantitative estimate of drug-likeness (QED) is 0.847. The number of hydrogen-bond acceptors (Lipinski definition) is 3. The molecule has 1 saturated heterocycles. The van der Waals surface area contributed by atoms with Gasteiger partial charge in [0.05, 0.1) is 0 Å². The van der Waals surface area contributed by atoms with Crippen LogP contribution in [-0.2, 0) is 9.59 Å². The second-order valence-electron chi connectivity index (χ2n) is 5.77. The van der Waals surface area contributed by atoms with Crippen molar-refractivity contribution in [3.05, 3.63) is 28.3 Å². The fraction of sp³-hybridized carbons (Fsp3) is 0.529. The highest BCUT2D eigenvalue weighted by atomic mass is 35.5. The van der Waals surface area contributed by atoms with Gasteiger partial charge in [0.2, 0.25) is 5.91 Å². The zero-order chi connectivity index (χ0) is 17.0. The lowest BCUT2D eigenvalue weighted by molar-refractivity contribution is -0.140. The van der Waals surface area contributed by atoms with Crippen LogP contribution in [0.5, 0.6) is 5.75 Å². The Morgan fingerprint density at radius 1 is 1.04 bits per heavy atom. The van der Waals surface area contributed by atoms with Crippen molar-refractivity contribution in [2.45, 2.75) is 27.2 Å².